The molecule has 4 fully saturated rings. The van der Waals surface area contributed by atoms with Gasteiger partial charge in [-0.15, -0.1) is 0 Å². The van der Waals surface area contributed by atoms with Crippen molar-refractivity contribution in [1.29, 1.82) is 0 Å². The van der Waals surface area contributed by atoms with Gasteiger partial charge in [0.1, 0.15) is 0 Å². The Morgan fingerprint density at radius 1 is 0.867 bits per heavy atom. The van der Waals surface area contributed by atoms with Gasteiger partial charge in [-0.25, -0.2) is 0 Å². The van der Waals surface area contributed by atoms with Crippen LogP contribution >= 0.6 is 0 Å². The summed E-state index contributed by atoms with van der Waals surface area (Å²) in [7, 11) is 0. The summed E-state index contributed by atoms with van der Waals surface area (Å²) >= 11 is 0. The zero-order chi connectivity index (χ0) is 10.1. The van der Waals surface area contributed by atoms with E-state index < -0.39 is 0 Å². The Bertz CT molecular complexity index is 203. The van der Waals surface area contributed by atoms with Gasteiger partial charge in [0.05, 0.1) is 0 Å². The minimum absolute atomic E-state index is 0.913. The lowest BCUT2D eigenvalue weighted by atomic mass is 9.83. The summed E-state index contributed by atoms with van der Waals surface area (Å²) in [6, 6.07) is 0.913. The molecule has 4 heterocycles. The molecule has 15 heavy (non-hydrogen) atoms. The van der Waals surface area contributed by atoms with Crippen LogP contribution in [0.4, 0.5) is 0 Å². The number of hydrogen-bond acceptors (Lipinski definition) is 2. The molecule has 0 aromatic rings. The molecule has 0 radical (unpaired) electrons. The summed E-state index contributed by atoms with van der Waals surface area (Å²) in [5.41, 5.74) is 0. The molecule has 0 aromatic heterocycles. The van der Waals surface area contributed by atoms with Crippen LogP contribution in [0.3, 0.4) is 0 Å². The minimum Gasteiger partial charge on any atom is -0.302 e. The average Bonchev–Trinajstić information content (AvgIpc) is 2.32. The summed E-state index contributed by atoms with van der Waals surface area (Å²) in [4.78, 5) is 5.48. The Hall–Kier alpha value is -0.0800. The van der Waals surface area contributed by atoms with Crippen molar-refractivity contribution < 1.29 is 0 Å². The van der Waals surface area contributed by atoms with Gasteiger partial charge in [-0.3, -0.25) is 4.90 Å². The van der Waals surface area contributed by atoms with Gasteiger partial charge in [0.2, 0.25) is 0 Å². The van der Waals surface area contributed by atoms with Crippen molar-refractivity contribution in [1.82, 2.24) is 9.80 Å². The molecule has 1 atom stereocenters. The third-order valence-electron chi connectivity index (χ3n) is 4.69. The molecule has 0 spiro atoms. The molecule has 86 valence electrons. The molecule has 4 rings (SSSR count). The summed E-state index contributed by atoms with van der Waals surface area (Å²) in [6.45, 7) is 6.90. The first-order chi connectivity index (χ1) is 7.42. The standard InChI is InChI=1S/C13H24N2/c1-2-6-14(7-3-1)11-13-10-12-4-8-15(13)9-5-12/h12-13H,1-11H2. The molecule has 0 amide bonds. The second-order valence-corrected chi connectivity index (χ2v) is 5.73. The van der Waals surface area contributed by atoms with Crippen molar-refractivity contribution in [2.24, 2.45) is 5.92 Å². The number of fused-ring (bicyclic) bond motifs is 3. The Morgan fingerprint density at radius 3 is 2.20 bits per heavy atom. The van der Waals surface area contributed by atoms with Crippen LogP contribution in [-0.2, 0) is 0 Å². The summed E-state index contributed by atoms with van der Waals surface area (Å²) in [5.74, 6) is 1.07. The van der Waals surface area contributed by atoms with Crippen LogP contribution in [-0.4, -0.2) is 48.6 Å². The van der Waals surface area contributed by atoms with Crippen molar-refractivity contribution in [2.75, 3.05) is 32.7 Å². The highest BCUT2D eigenvalue weighted by Gasteiger charge is 2.34. The fourth-order valence-electron chi connectivity index (χ4n) is 3.72. The monoisotopic (exact) mass is 208 g/mol. The van der Waals surface area contributed by atoms with Crippen LogP contribution in [0.2, 0.25) is 0 Å². The Morgan fingerprint density at radius 2 is 1.60 bits per heavy atom. The molecular formula is C13H24N2. The predicted octanol–water partition coefficient (Wildman–Crippen LogP) is 1.96. The minimum atomic E-state index is 0.913. The first kappa shape index (κ1) is 10.1. The Kier molecular flexibility index (Phi) is 2.98. The van der Waals surface area contributed by atoms with Gasteiger partial charge in [-0.2, -0.15) is 0 Å². The molecule has 2 heteroatoms. The highest BCUT2D eigenvalue weighted by Crippen LogP contribution is 2.32. The van der Waals surface area contributed by atoms with E-state index in [1.54, 1.807) is 0 Å². The molecule has 2 bridgehead atoms. The second kappa shape index (κ2) is 4.42. The highest BCUT2D eigenvalue weighted by molar-refractivity contribution is 4.89. The van der Waals surface area contributed by atoms with E-state index in [1.165, 1.54) is 71.2 Å². The lowest BCUT2D eigenvalue weighted by molar-refractivity contribution is 0.0249. The van der Waals surface area contributed by atoms with Gasteiger partial charge in [0.15, 0.2) is 0 Å². The third kappa shape index (κ3) is 2.21. The van der Waals surface area contributed by atoms with Crippen LogP contribution in [0, 0.1) is 5.92 Å². The van der Waals surface area contributed by atoms with E-state index in [0.29, 0.717) is 0 Å². The fraction of sp³-hybridized carbons (Fsp3) is 1.00. The molecule has 0 aliphatic carbocycles. The number of nitrogens with zero attached hydrogens (tertiary/aromatic N) is 2. The van der Waals surface area contributed by atoms with Gasteiger partial charge in [-0.1, -0.05) is 6.42 Å². The summed E-state index contributed by atoms with van der Waals surface area (Å²) in [5, 5.41) is 0. The maximum Gasteiger partial charge on any atom is 0.0225 e. The molecule has 1 unspecified atom stereocenters. The molecule has 4 aliphatic rings. The fourth-order valence-corrected chi connectivity index (χ4v) is 3.72. The highest BCUT2D eigenvalue weighted by atomic mass is 15.2. The van der Waals surface area contributed by atoms with Crippen molar-refractivity contribution in [3.05, 3.63) is 0 Å². The molecule has 0 N–H and O–H groups in total. The van der Waals surface area contributed by atoms with Gasteiger partial charge >= 0.3 is 0 Å². The van der Waals surface area contributed by atoms with E-state index in [4.69, 9.17) is 0 Å². The summed E-state index contributed by atoms with van der Waals surface area (Å²) in [6.07, 6.45) is 8.81. The normalized spacial score (nSPS) is 42.0. The first-order valence-electron chi connectivity index (χ1n) is 6.88. The van der Waals surface area contributed by atoms with Gasteiger partial charge < -0.3 is 4.90 Å². The lowest BCUT2D eigenvalue weighted by Gasteiger charge is -2.47. The van der Waals surface area contributed by atoms with E-state index >= 15 is 0 Å². The topological polar surface area (TPSA) is 6.48 Å². The van der Waals surface area contributed by atoms with Gasteiger partial charge in [0, 0.05) is 12.6 Å². The van der Waals surface area contributed by atoms with Crippen LogP contribution < -0.4 is 0 Å². The maximum atomic E-state index is 2.76. The third-order valence-corrected chi connectivity index (χ3v) is 4.69. The van der Waals surface area contributed by atoms with E-state index in [0.717, 1.165) is 12.0 Å². The molecule has 0 saturated carbocycles. The maximum absolute atomic E-state index is 2.76. The van der Waals surface area contributed by atoms with Crippen LogP contribution in [0.1, 0.15) is 38.5 Å². The van der Waals surface area contributed by atoms with Crippen molar-refractivity contribution in [2.45, 2.75) is 44.6 Å². The average molecular weight is 208 g/mol. The zero-order valence-corrected chi connectivity index (χ0v) is 9.83. The SMILES string of the molecule is C1CCN(CC2CC3CCN2CC3)CC1. The molecule has 4 aliphatic heterocycles. The van der Waals surface area contributed by atoms with Crippen molar-refractivity contribution >= 4 is 0 Å². The predicted molar refractivity (Wildman–Crippen MR) is 63.0 cm³/mol. The van der Waals surface area contributed by atoms with E-state index in [9.17, 15) is 0 Å². The quantitative estimate of drug-likeness (QED) is 0.684. The van der Waals surface area contributed by atoms with E-state index in [-0.39, 0.29) is 0 Å². The van der Waals surface area contributed by atoms with E-state index in [1.807, 2.05) is 0 Å². The molecule has 2 nitrogen and oxygen atoms in total. The molecule has 0 aromatic carbocycles. The first-order valence-corrected chi connectivity index (χ1v) is 6.88. The number of hydrogen-bond donors (Lipinski definition) is 0. The lowest BCUT2D eigenvalue weighted by Crippen LogP contribution is -2.53. The smallest absolute Gasteiger partial charge is 0.0225 e. The number of piperidine rings is 4. The van der Waals surface area contributed by atoms with E-state index in [2.05, 4.69) is 9.80 Å². The second-order valence-electron chi connectivity index (χ2n) is 5.73. The Labute approximate surface area is 93.6 Å². The van der Waals surface area contributed by atoms with Gasteiger partial charge in [-0.05, 0) is 64.2 Å². The van der Waals surface area contributed by atoms with Crippen LogP contribution in [0.15, 0.2) is 0 Å². The van der Waals surface area contributed by atoms with Crippen LogP contribution in [0.25, 0.3) is 0 Å². The van der Waals surface area contributed by atoms with Gasteiger partial charge in [0.25, 0.3) is 0 Å². The van der Waals surface area contributed by atoms with Crippen molar-refractivity contribution in [3.8, 4) is 0 Å². The molecule has 4 saturated heterocycles. The van der Waals surface area contributed by atoms with Crippen LogP contribution in [0.5, 0.6) is 0 Å². The molecular weight excluding hydrogens is 184 g/mol. The zero-order valence-electron chi connectivity index (χ0n) is 9.83. The summed E-state index contributed by atoms with van der Waals surface area (Å²) < 4.78 is 0. The largest absolute Gasteiger partial charge is 0.302 e. The Balaban J connectivity index is 1.54. The van der Waals surface area contributed by atoms with Crippen molar-refractivity contribution in [3.63, 3.8) is 0 Å². The number of rotatable bonds is 2. The number of likely N-dealkylation sites (tertiary alicyclic amines) is 1.